The Labute approximate surface area is 96.8 Å². The summed E-state index contributed by atoms with van der Waals surface area (Å²) in [5.41, 5.74) is 2.26. The number of hydrogen-bond donors (Lipinski definition) is 1. The number of carbonyl (C=O) groups is 1. The molecule has 0 heterocycles. The Balaban J connectivity index is 2.86. The number of aryl methyl sites for hydroxylation is 1. The van der Waals surface area contributed by atoms with E-state index in [2.05, 4.69) is 5.32 Å². The largest absolute Gasteiger partial charge is 0.480 e. The van der Waals surface area contributed by atoms with Gasteiger partial charge in [0.05, 0.1) is 0 Å². The number of hydrogen-bond acceptors (Lipinski definition) is 2. The van der Waals surface area contributed by atoms with Crippen LogP contribution >= 0.6 is 0 Å². The molecule has 0 aliphatic carbocycles. The summed E-state index contributed by atoms with van der Waals surface area (Å²) in [6, 6.07) is 5.87. The van der Waals surface area contributed by atoms with E-state index in [-0.39, 0.29) is 5.91 Å². The molecule has 0 saturated heterocycles. The van der Waals surface area contributed by atoms with Gasteiger partial charge in [-0.05, 0) is 37.5 Å². The Hall–Kier alpha value is -1.51. The summed E-state index contributed by atoms with van der Waals surface area (Å²) in [4.78, 5) is 11.5. The second-order valence-corrected chi connectivity index (χ2v) is 3.83. The van der Waals surface area contributed by atoms with Crippen molar-refractivity contribution in [3.05, 3.63) is 29.3 Å². The van der Waals surface area contributed by atoms with Crippen LogP contribution in [0, 0.1) is 13.8 Å². The van der Waals surface area contributed by atoms with Crippen molar-refractivity contribution in [2.75, 3.05) is 7.05 Å². The molecule has 0 aliphatic rings. The van der Waals surface area contributed by atoms with Crippen molar-refractivity contribution in [3.63, 3.8) is 0 Å². The Morgan fingerprint density at radius 3 is 2.69 bits per heavy atom. The molecular weight excluding hydrogens is 202 g/mol. The molecule has 0 fully saturated rings. The second kappa shape index (κ2) is 5.54. The van der Waals surface area contributed by atoms with Crippen LogP contribution in [-0.2, 0) is 4.79 Å². The SMILES string of the molecule is CC[C@@H](Oc1cccc(C)c1C)C(=O)NC. The van der Waals surface area contributed by atoms with Gasteiger partial charge in [0, 0.05) is 7.05 Å². The van der Waals surface area contributed by atoms with Crippen LogP contribution in [0.4, 0.5) is 0 Å². The quantitative estimate of drug-likeness (QED) is 0.846. The summed E-state index contributed by atoms with van der Waals surface area (Å²) >= 11 is 0. The highest BCUT2D eigenvalue weighted by molar-refractivity contribution is 5.80. The number of rotatable bonds is 4. The molecule has 88 valence electrons. The minimum absolute atomic E-state index is 0.0802. The minimum Gasteiger partial charge on any atom is -0.480 e. The average Bonchev–Trinajstić information content (AvgIpc) is 2.30. The standard InChI is InChI=1S/C13H19NO2/c1-5-11(13(15)14-4)16-12-8-6-7-9(2)10(12)3/h6-8,11H,5H2,1-4H3,(H,14,15)/t11-/m1/s1. The van der Waals surface area contributed by atoms with E-state index in [1.165, 1.54) is 5.56 Å². The van der Waals surface area contributed by atoms with E-state index in [0.717, 1.165) is 11.3 Å². The van der Waals surface area contributed by atoms with E-state index in [9.17, 15) is 4.79 Å². The fourth-order valence-electron chi connectivity index (χ4n) is 1.49. The van der Waals surface area contributed by atoms with Crippen LogP contribution in [0.15, 0.2) is 18.2 Å². The number of amides is 1. The van der Waals surface area contributed by atoms with Gasteiger partial charge < -0.3 is 10.1 Å². The number of likely N-dealkylation sites (N-methyl/N-ethyl adjacent to an activating group) is 1. The maximum absolute atomic E-state index is 11.5. The van der Waals surface area contributed by atoms with Crippen molar-refractivity contribution in [1.29, 1.82) is 0 Å². The van der Waals surface area contributed by atoms with Gasteiger partial charge >= 0.3 is 0 Å². The molecule has 1 amide bonds. The van der Waals surface area contributed by atoms with Crippen molar-refractivity contribution in [2.45, 2.75) is 33.3 Å². The van der Waals surface area contributed by atoms with E-state index in [1.54, 1.807) is 7.05 Å². The van der Waals surface area contributed by atoms with Gasteiger partial charge in [-0.15, -0.1) is 0 Å². The zero-order chi connectivity index (χ0) is 12.1. The predicted molar refractivity (Wildman–Crippen MR) is 64.7 cm³/mol. The maximum Gasteiger partial charge on any atom is 0.260 e. The monoisotopic (exact) mass is 221 g/mol. The normalized spacial score (nSPS) is 12.0. The Morgan fingerprint density at radius 2 is 2.12 bits per heavy atom. The Kier molecular flexibility index (Phi) is 4.35. The number of nitrogens with one attached hydrogen (secondary N) is 1. The fourth-order valence-corrected chi connectivity index (χ4v) is 1.49. The molecule has 0 spiro atoms. The molecule has 1 N–H and O–H groups in total. The minimum atomic E-state index is -0.412. The molecule has 16 heavy (non-hydrogen) atoms. The Morgan fingerprint density at radius 1 is 1.44 bits per heavy atom. The molecular formula is C13H19NO2. The van der Waals surface area contributed by atoms with Crippen LogP contribution in [0.5, 0.6) is 5.75 Å². The highest BCUT2D eigenvalue weighted by atomic mass is 16.5. The van der Waals surface area contributed by atoms with E-state index in [1.807, 2.05) is 39.0 Å². The lowest BCUT2D eigenvalue weighted by Gasteiger charge is -2.18. The van der Waals surface area contributed by atoms with Gasteiger partial charge in [-0.1, -0.05) is 19.1 Å². The molecule has 0 radical (unpaired) electrons. The van der Waals surface area contributed by atoms with Crippen LogP contribution in [-0.4, -0.2) is 19.1 Å². The maximum atomic E-state index is 11.5. The average molecular weight is 221 g/mol. The second-order valence-electron chi connectivity index (χ2n) is 3.83. The van der Waals surface area contributed by atoms with E-state index in [0.29, 0.717) is 6.42 Å². The van der Waals surface area contributed by atoms with Crippen molar-refractivity contribution in [2.24, 2.45) is 0 Å². The molecule has 1 rings (SSSR count). The third kappa shape index (κ3) is 2.75. The highest BCUT2D eigenvalue weighted by Gasteiger charge is 2.17. The lowest BCUT2D eigenvalue weighted by molar-refractivity contribution is -0.127. The lowest BCUT2D eigenvalue weighted by atomic mass is 10.1. The van der Waals surface area contributed by atoms with Crippen LogP contribution in [0.3, 0.4) is 0 Å². The number of ether oxygens (including phenoxy) is 1. The topological polar surface area (TPSA) is 38.3 Å². The summed E-state index contributed by atoms with van der Waals surface area (Å²) in [6.07, 6.45) is 0.248. The summed E-state index contributed by atoms with van der Waals surface area (Å²) in [6.45, 7) is 5.97. The summed E-state index contributed by atoms with van der Waals surface area (Å²) in [5, 5.41) is 2.61. The van der Waals surface area contributed by atoms with Crippen LogP contribution < -0.4 is 10.1 Å². The van der Waals surface area contributed by atoms with Gasteiger partial charge in [0.15, 0.2) is 6.10 Å². The fraction of sp³-hybridized carbons (Fsp3) is 0.462. The summed E-state index contributed by atoms with van der Waals surface area (Å²) in [5.74, 6) is 0.707. The number of benzene rings is 1. The van der Waals surface area contributed by atoms with Crippen LogP contribution in [0.25, 0.3) is 0 Å². The van der Waals surface area contributed by atoms with Crippen LogP contribution in [0.1, 0.15) is 24.5 Å². The van der Waals surface area contributed by atoms with Crippen molar-refractivity contribution >= 4 is 5.91 Å². The molecule has 0 saturated carbocycles. The first-order chi connectivity index (χ1) is 7.60. The smallest absolute Gasteiger partial charge is 0.260 e. The van der Waals surface area contributed by atoms with Crippen molar-refractivity contribution in [3.8, 4) is 5.75 Å². The lowest BCUT2D eigenvalue weighted by Crippen LogP contribution is -2.35. The molecule has 1 aromatic carbocycles. The van der Waals surface area contributed by atoms with Crippen molar-refractivity contribution < 1.29 is 9.53 Å². The first-order valence-electron chi connectivity index (χ1n) is 5.54. The molecule has 0 aliphatic heterocycles. The van der Waals surface area contributed by atoms with Crippen LogP contribution in [0.2, 0.25) is 0 Å². The number of carbonyl (C=O) groups excluding carboxylic acids is 1. The molecule has 0 aromatic heterocycles. The first-order valence-corrected chi connectivity index (χ1v) is 5.54. The zero-order valence-corrected chi connectivity index (χ0v) is 10.3. The van der Waals surface area contributed by atoms with E-state index in [4.69, 9.17) is 4.74 Å². The van der Waals surface area contributed by atoms with E-state index >= 15 is 0 Å². The third-order valence-corrected chi connectivity index (χ3v) is 2.73. The zero-order valence-electron chi connectivity index (χ0n) is 10.3. The van der Waals surface area contributed by atoms with Gasteiger partial charge in [0.1, 0.15) is 5.75 Å². The first kappa shape index (κ1) is 12.6. The molecule has 3 heteroatoms. The molecule has 3 nitrogen and oxygen atoms in total. The van der Waals surface area contributed by atoms with E-state index < -0.39 is 6.10 Å². The van der Waals surface area contributed by atoms with Gasteiger partial charge in [-0.3, -0.25) is 4.79 Å². The predicted octanol–water partition coefficient (Wildman–Crippen LogP) is 2.21. The van der Waals surface area contributed by atoms with Gasteiger partial charge in [0.25, 0.3) is 5.91 Å². The summed E-state index contributed by atoms with van der Waals surface area (Å²) in [7, 11) is 1.62. The Bertz CT molecular complexity index is 374. The molecule has 0 unspecified atom stereocenters. The van der Waals surface area contributed by atoms with Crippen molar-refractivity contribution in [1.82, 2.24) is 5.32 Å². The van der Waals surface area contributed by atoms with Gasteiger partial charge in [-0.25, -0.2) is 0 Å². The molecule has 1 atom stereocenters. The highest BCUT2D eigenvalue weighted by Crippen LogP contribution is 2.22. The molecule has 1 aromatic rings. The van der Waals surface area contributed by atoms with Gasteiger partial charge in [0.2, 0.25) is 0 Å². The van der Waals surface area contributed by atoms with Gasteiger partial charge in [-0.2, -0.15) is 0 Å². The third-order valence-electron chi connectivity index (χ3n) is 2.73. The molecule has 0 bridgehead atoms. The summed E-state index contributed by atoms with van der Waals surface area (Å²) < 4.78 is 5.72.